The number of nitrogens with one attached hydrogen (secondary N) is 1. The van der Waals surface area contributed by atoms with Crippen LogP contribution in [0.3, 0.4) is 0 Å². The molecule has 100 valence electrons. The average molecular weight is 269 g/mol. The summed E-state index contributed by atoms with van der Waals surface area (Å²) in [5, 5.41) is 7.39. The molecule has 1 saturated heterocycles. The fourth-order valence-electron chi connectivity index (χ4n) is 2.31. The Kier molecular flexibility index (Phi) is 3.86. The Morgan fingerprint density at radius 1 is 1.50 bits per heavy atom. The summed E-state index contributed by atoms with van der Waals surface area (Å²) in [5.41, 5.74) is 0. The molecule has 0 aromatic carbocycles. The van der Waals surface area contributed by atoms with Crippen molar-refractivity contribution in [2.24, 2.45) is 5.92 Å². The van der Waals surface area contributed by atoms with Crippen LogP contribution in [-0.2, 0) is 11.2 Å². The molecule has 0 radical (unpaired) electrons. The van der Waals surface area contributed by atoms with Gasteiger partial charge in [0.25, 0.3) is 0 Å². The van der Waals surface area contributed by atoms with Gasteiger partial charge >= 0.3 is 0 Å². The van der Waals surface area contributed by atoms with Crippen LogP contribution in [0.25, 0.3) is 0 Å². The molecule has 2 fully saturated rings. The highest BCUT2D eigenvalue weighted by atomic mass is 32.2. The largest absolute Gasteiger partial charge is 0.368 e. The Morgan fingerprint density at radius 3 is 3.06 bits per heavy atom. The second-order valence-electron chi connectivity index (χ2n) is 4.92. The van der Waals surface area contributed by atoms with Gasteiger partial charge in [-0.1, -0.05) is 5.16 Å². The summed E-state index contributed by atoms with van der Waals surface area (Å²) in [6, 6.07) is 0.472. The molecule has 3 rings (SSSR count). The molecule has 0 bridgehead atoms. The van der Waals surface area contributed by atoms with E-state index < -0.39 is 0 Å². The minimum Gasteiger partial charge on any atom is -0.368 e. The van der Waals surface area contributed by atoms with E-state index in [0.717, 1.165) is 36.3 Å². The Bertz CT molecular complexity index is 388. The van der Waals surface area contributed by atoms with Crippen molar-refractivity contribution in [3.05, 3.63) is 11.7 Å². The van der Waals surface area contributed by atoms with E-state index in [1.54, 1.807) is 0 Å². The minimum atomic E-state index is 0.00945. The fraction of sp³-hybridized carbons (Fsp3) is 0.833. The summed E-state index contributed by atoms with van der Waals surface area (Å²) in [4.78, 5) is 4.48. The molecule has 1 aliphatic carbocycles. The average Bonchev–Trinajstić information content (AvgIpc) is 3.16. The zero-order valence-corrected chi connectivity index (χ0v) is 11.4. The van der Waals surface area contributed by atoms with Gasteiger partial charge in [-0.2, -0.15) is 16.7 Å². The van der Waals surface area contributed by atoms with Crippen molar-refractivity contribution in [1.82, 2.24) is 15.5 Å². The number of likely N-dealkylation sites (N-methyl/N-ethyl adjacent to an activating group) is 1. The van der Waals surface area contributed by atoms with E-state index in [1.807, 2.05) is 18.8 Å². The van der Waals surface area contributed by atoms with Crippen molar-refractivity contribution in [2.75, 3.05) is 25.2 Å². The van der Waals surface area contributed by atoms with E-state index in [1.165, 1.54) is 12.8 Å². The molecule has 0 amide bonds. The van der Waals surface area contributed by atoms with Gasteiger partial charge in [0.15, 0.2) is 0 Å². The molecule has 18 heavy (non-hydrogen) atoms. The molecule has 5 nitrogen and oxygen atoms in total. The molecule has 0 spiro atoms. The second-order valence-corrected chi connectivity index (χ2v) is 6.07. The van der Waals surface area contributed by atoms with Gasteiger partial charge in [0.1, 0.15) is 6.10 Å². The molecule has 1 saturated carbocycles. The lowest BCUT2D eigenvalue weighted by Gasteiger charge is -2.18. The van der Waals surface area contributed by atoms with Crippen molar-refractivity contribution in [3.63, 3.8) is 0 Å². The van der Waals surface area contributed by atoms with E-state index in [0.29, 0.717) is 11.9 Å². The Balaban J connectivity index is 1.61. The summed E-state index contributed by atoms with van der Waals surface area (Å²) >= 11 is 1.88. The van der Waals surface area contributed by atoms with Gasteiger partial charge in [-0.05, 0) is 25.8 Å². The number of rotatable bonds is 5. The lowest BCUT2D eigenvalue weighted by molar-refractivity contribution is 0.0677. The van der Waals surface area contributed by atoms with Gasteiger partial charge in [-0.3, -0.25) is 0 Å². The predicted molar refractivity (Wildman–Crippen MR) is 69.6 cm³/mol. The SMILES string of the molecule is CNC(Cc1nc(C2CSCCO2)no1)C1CC1. The Labute approximate surface area is 111 Å². The van der Waals surface area contributed by atoms with Crippen LogP contribution in [0.15, 0.2) is 4.52 Å². The lowest BCUT2D eigenvalue weighted by Crippen LogP contribution is -2.29. The number of thioether (sulfide) groups is 1. The summed E-state index contributed by atoms with van der Waals surface area (Å²) in [6.45, 7) is 0.778. The summed E-state index contributed by atoms with van der Waals surface area (Å²) in [5.74, 6) is 4.21. The van der Waals surface area contributed by atoms with Gasteiger partial charge in [0.2, 0.25) is 11.7 Å². The molecule has 2 aliphatic rings. The van der Waals surface area contributed by atoms with Crippen LogP contribution in [0.4, 0.5) is 0 Å². The third-order valence-electron chi connectivity index (χ3n) is 3.54. The topological polar surface area (TPSA) is 60.2 Å². The minimum absolute atomic E-state index is 0.00945. The maximum absolute atomic E-state index is 5.65. The van der Waals surface area contributed by atoms with Crippen LogP contribution in [0, 0.1) is 5.92 Å². The van der Waals surface area contributed by atoms with Crippen LogP contribution in [0.1, 0.15) is 30.7 Å². The van der Waals surface area contributed by atoms with Crippen LogP contribution < -0.4 is 5.32 Å². The van der Waals surface area contributed by atoms with Gasteiger partial charge in [-0.15, -0.1) is 0 Å². The highest BCUT2D eigenvalue weighted by molar-refractivity contribution is 7.99. The maximum Gasteiger partial charge on any atom is 0.228 e. The van der Waals surface area contributed by atoms with Gasteiger partial charge in [0, 0.05) is 24.0 Å². The highest BCUT2D eigenvalue weighted by Crippen LogP contribution is 2.34. The van der Waals surface area contributed by atoms with E-state index in [9.17, 15) is 0 Å². The molecule has 1 aliphatic heterocycles. The van der Waals surface area contributed by atoms with Crippen molar-refractivity contribution in [2.45, 2.75) is 31.4 Å². The lowest BCUT2D eigenvalue weighted by atomic mass is 10.1. The molecule has 2 atom stereocenters. The Hall–Kier alpha value is -0.590. The van der Waals surface area contributed by atoms with Gasteiger partial charge in [-0.25, -0.2) is 0 Å². The molecular formula is C12H19N3O2S. The van der Waals surface area contributed by atoms with Crippen molar-refractivity contribution in [3.8, 4) is 0 Å². The first-order valence-electron chi connectivity index (χ1n) is 6.56. The zero-order chi connectivity index (χ0) is 12.4. The molecule has 1 aromatic rings. The second kappa shape index (κ2) is 5.59. The number of ether oxygens (including phenoxy) is 1. The number of hydrogen-bond acceptors (Lipinski definition) is 6. The zero-order valence-electron chi connectivity index (χ0n) is 10.6. The van der Waals surface area contributed by atoms with Crippen molar-refractivity contribution in [1.29, 1.82) is 0 Å². The Morgan fingerprint density at radius 2 is 2.39 bits per heavy atom. The first-order chi connectivity index (χ1) is 8.86. The quantitative estimate of drug-likeness (QED) is 0.872. The van der Waals surface area contributed by atoms with Crippen molar-refractivity contribution < 1.29 is 9.26 Å². The first kappa shape index (κ1) is 12.4. The van der Waals surface area contributed by atoms with E-state index in [-0.39, 0.29) is 6.10 Å². The molecule has 1 N–H and O–H groups in total. The predicted octanol–water partition coefficient (Wildman–Crippen LogP) is 1.41. The van der Waals surface area contributed by atoms with E-state index in [2.05, 4.69) is 15.5 Å². The smallest absolute Gasteiger partial charge is 0.228 e. The van der Waals surface area contributed by atoms with Crippen LogP contribution in [-0.4, -0.2) is 41.3 Å². The molecular weight excluding hydrogens is 250 g/mol. The monoisotopic (exact) mass is 269 g/mol. The molecule has 1 aromatic heterocycles. The first-order valence-corrected chi connectivity index (χ1v) is 7.71. The molecule has 6 heteroatoms. The normalized spacial score (nSPS) is 26.2. The van der Waals surface area contributed by atoms with Crippen LogP contribution in [0.2, 0.25) is 0 Å². The number of nitrogens with zero attached hydrogens (tertiary/aromatic N) is 2. The fourth-order valence-corrected chi connectivity index (χ4v) is 3.15. The van der Waals surface area contributed by atoms with E-state index >= 15 is 0 Å². The van der Waals surface area contributed by atoms with Gasteiger partial charge in [0.05, 0.1) is 6.61 Å². The maximum atomic E-state index is 5.65. The summed E-state index contributed by atoms with van der Waals surface area (Å²) in [6.07, 6.45) is 3.47. The van der Waals surface area contributed by atoms with E-state index in [4.69, 9.17) is 9.26 Å². The molecule has 2 heterocycles. The molecule has 2 unspecified atom stereocenters. The number of hydrogen-bond donors (Lipinski definition) is 1. The summed E-state index contributed by atoms with van der Waals surface area (Å²) in [7, 11) is 2.00. The van der Waals surface area contributed by atoms with Crippen LogP contribution >= 0.6 is 11.8 Å². The van der Waals surface area contributed by atoms with Crippen LogP contribution in [0.5, 0.6) is 0 Å². The standard InChI is InChI=1S/C12H19N3O2S/c1-13-9(8-2-3-8)6-11-14-12(15-17-11)10-7-18-5-4-16-10/h8-10,13H,2-7H2,1H3. The number of aromatic nitrogens is 2. The van der Waals surface area contributed by atoms with Gasteiger partial charge < -0.3 is 14.6 Å². The highest BCUT2D eigenvalue weighted by Gasteiger charge is 2.32. The van der Waals surface area contributed by atoms with Crippen molar-refractivity contribution >= 4 is 11.8 Å². The third kappa shape index (κ3) is 2.87. The third-order valence-corrected chi connectivity index (χ3v) is 4.54. The summed E-state index contributed by atoms with van der Waals surface area (Å²) < 4.78 is 11.0.